The van der Waals surface area contributed by atoms with Gasteiger partial charge in [0.25, 0.3) is 5.91 Å². The summed E-state index contributed by atoms with van der Waals surface area (Å²) in [5.41, 5.74) is 1.49. The molecule has 2 aliphatic rings. The van der Waals surface area contributed by atoms with Crippen LogP contribution in [0.4, 0.5) is 0 Å². The number of oxime groups is 1. The number of aliphatic hydroxyl groups excluding tert-OH is 1. The van der Waals surface area contributed by atoms with E-state index in [0.717, 1.165) is 11.3 Å². The number of carbonyl (C=O) groups excluding carboxylic acids is 1. The Balaban J connectivity index is 1.57. The van der Waals surface area contributed by atoms with Crippen molar-refractivity contribution in [3.63, 3.8) is 0 Å². The zero-order valence-electron chi connectivity index (χ0n) is 12.2. The molecule has 0 spiro atoms. The molecule has 21 heavy (non-hydrogen) atoms. The van der Waals surface area contributed by atoms with E-state index in [1.54, 1.807) is 0 Å². The summed E-state index contributed by atoms with van der Waals surface area (Å²) in [5, 5.41) is 16.7. The first-order valence-corrected chi connectivity index (χ1v) is 7.25. The third kappa shape index (κ3) is 2.53. The van der Waals surface area contributed by atoms with Crippen molar-refractivity contribution in [3.8, 4) is 0 Å². The van der Waals surface area contributed by atoms with Gasteiger partial charge in [0.15, 0.2) is 0 Å². The van der Waals surface area contributed by atoms with Gasteiger partial charge in [-0.3, -0.25) is 4.79 Å². The zero-order chi connectivity index (χ0) is 15.0. The van der Waals surface area contributed by atoms with Gasteiger partial charge in [0.05, 0.1) is 11.8 Å². The van der Waals surface area contributed by atoms with E-state index in [1.165, 1.54) is 0 Å². The maximum absolute atomic E-state index is 12.2. The molecule has 0 saturated heterocycles. The van der Waals surface area contributed by atoms with Crippen molar-refractivity contribution < 1.29 is 14.7 Å². The Bertz CT molecular complexity index is 568. The van der Waals surface area contributed by atoms with Crippen LogP contribution in [0, 0.1) is 5.41 Å². The molecule has 1 fully saturated rings. The monoisotopic (exact) mass is 288 g/mol. The van der Waals surface area contributed by atoms with E-state index in [9.17, 15) is 9.90 Å². The fourth-order valence-electron chi connectivity index (χ4n) is 2.73. The maximum Gasteiger partial charge on any atom is 0.264 e. The third-order valence-electron chi connectivity index (χ3n) is 4.60. The van der Waals surface area contributed by atoms with Crippen molar-refractivity contribution in [2.75, 3.05) is 0 Å². The van der Waals surface area contributed by atoms with Crippen molar-refractivity contribution in [3.05, 3.63) is 35.9 Å². The summed E-state index contributed by atoms with van der Waals surface area (Å²) in [7, 11) is 0. The van der Waals surface area contributed by atoms with E-state index in [0.29, 0.717) is 12.8 Å². The zero-order valence-corrected chi connectivity index (χ0v) is 12.2. The molecule has 2 N–H and O–H groups in total. The van der Waals surface area contributed by atoms with Crippen molar-refractivity contribution in [1.29, 1.82) is 0 Å². The summed E-state index contributed by atoms with van der Waals surface area (Å²) >= 11 is 0. The highest BCUT2D eigenvalue weighted by molar-refractivity contribution is 6.04. The van der Waals surface area contributed by atoms with E-state index in [2.05, 4.69) is 10.5 Å². The van der Waals surface area contributed by atoms with Gasteiger partial charge in [0, 0.05) is 17.9 Å². The van der Waals surface area contributed by atoms with Crippen LogP contribution in [0.3, 0.4) is 0 Å². The molecule has 5 nitrogen and oxygen atoms in total. The van der Waals surface area contributed by atoms with E-state index in [4.69, 9.17) is 4.84 Å². The van der Waals surface area contributed by atoms with Crippen LogP contribution in [-0.2, 0) is 9.63 Å². The maximum atomic E-state index is 12.2. The van der Waals surface area contributed by atoms with Crippen molar-refractivity contribution in [2.24, 2.45) is 10.6 Å². The number of aliphatic hydroxyl groups is 1. The van der Waals surface area contributed by atoms with Crippen molar-refractivity contribution >= 4 is 11.6 Å². The Labute approximate surface area is 124 Å². The highest BCUT2D eigenvalue weighted by Crippen LogP contribution is 2.40. The lowest BCUT2D eigenvalue weighted by molar-refractivity contribution is -0.138. The van der Waals surface area contributed by atoms with Crippen LogP contribution in [0.2, 0.25) is 0 Å². The summed E-state index contributed by atoms with van der Waals surface area (Å²) in [5.74, 6) is -0.158. The van der Waals surface area contributed by atoms with Crippen LogP contribution in [-0.4, -0.2) is 35.0 Å². The predicted molar refractivity (Wildman–Crippen MR) is 78.8 cm³/mol. The minimum absolute atomic E-state index is 0.00984. The quantitative estimate of drug-likeness (QED) is 0.884. The van der Waals surface area contributed by atoms with E-state index < -0.39 is 6.10 Å². The molecule has 3 rings (SSSR count). The van der Waals surface area contributed by atoms with Crippen molar-refractivity contribution in [2.45, 2.75) is 44.9 Å². The Morgan fingerprint density at radius 3 is 2.71 bits per heavy atom. The molecule has 1 heterocycles. The molecule has 1 aliphatic carbocycles. The second-order valence-corrected chi connectivity index (χ2v) is 6.34. The van der Waals surface area contributed by atoms with E-state index in [1.807, 2.05) is 44.2 Å². The van der Waals surface area contributed by atoms with Crippen LogP contribution in [0.5, 0.6) is 0 Å². The van der Waals surface area contributed by atoms with Gasteiger partial charge >= 0.3 is 0 Å². The molecule has 112 valence electrons. The average Bonchev–Trinajstić information content (AvgIpc) is 2.98. The predicted octanol–water partition coefficient (Wildman–Crippen LogP) is 1.46. The van der Waals surface area contributed by atoms with Gasteiger partial charge < -0.3 is 15.3 Å². The van der Waals surface area contributed by atoms with Gasteiger partial charge in [0.2, 0.25) is 6.10 Å². The van der Waals surface area contributed by atoms with E-state index in [-0.39, 0.29) is 23.5 Å². The Hall–Kier alpha value is -1.88. The topological polar surface area (TPSA) is 70.9 Å². The minimum Gasteiger partial charge on any atom is -0.392 e. The first kappa shape index (κ1) is 14.1. The molecule has 1 aromatic rings. The fourth-order valence-corrected chi connectivity index (χ4v) is 2.73. The normalized spacial score (nSPS) is 30.0. The van der Waals surface area contributed by atoms with Crippen molar-refractivity contribution in [1.82, 2.24) is 5.32 Å². The lowest BCUT2D eigenvalue weighted by Crippen LogP contribution is -2.62. The lowest BCUT2D eigenvalue weighted by Gasteiger charge is -2.49. The molecule has 1 saturated carbocycles. The molecule has 1 aliphatic heterocycles. The Morgan fingerprint density at radius 1 is 1.38 bits per heavy atom. The van der Waals surface area contributed by atoms with Gasteiger partial charge in [-0.15, -0.1) is 0 Å². The number of rotatable bonds is 3. The Kier molecular flexibility index (Phi) is 3.45. The average molecular weight is 288 g/mol. The first-order valence-electron chi connectivity index (χ1n) is 7.25. The number of nitrogens with zero attached hydrogens (tertiary/aromatic N) is 1. The van der Waals surface area contributed by atoms with Gasteiger partial charge in [-0.05, 0) is 12.0 Å². The standard InChI is InChI=1S/C16H20N2O3/c1-16(2)13(9-14(16)19)17-15(20)12-8-11(18-21-12)10-6-4-3-5-7-10/h3-7,12-14,19H,8-9H2,1-2H3,(H,17,20). The molecule has 1 aromatic carbocycles. The molecule has 5 heteroatoms. The largest absolute Gasteiger partial charge is 0.392 e. The first-order chi connectivity index (χ1) is 9.98. The number of hydrogen-bond donors (Lipinski definition) is 2. The molecule has 3 atom stereocenters. The van der Waals surface area contributed by atoms with Gasteiger partial charge in [-0.2, -0.15) is 0 Å². The lowest BCUT2D eigenvalue weighted by atomic mass is 9.64. The highest BCUT2D eigenvalue weighted by atomic mass is 16.6. The molecular formula is C16H20N2O3. The molecule has 0 bridgehead atoms. The molecule has 0 aromatic heterocycles. The molecular weight excluding hydrogens is 268 g/mol. The summed E-state index contributed by atoms with van der Waals surface area (Å²) in [6, 6.07) is 9.70. The summed E-state index contributed by atoms with van der Waals surface area (Å²) in [6.45, 7) is 3.90. The van der Waals surface area contributed by atoms with Gasteiger partial charge in [-0.1, -0.05) is 49.3 Å². The highest BCUT2D eigenvalue weighted by Gasteiger charge is 2.48. The fraction of sp³-hybridized carbons (Fsp3) is 0.500. The van der Waals surface area contributed by atoms with Crippen LogP contribution >= 0.6 is 0 Å². The number of benzene rings is 1. The second-order valence-electron chi connectivity index (χ2n) is 6.34. The Morgan fingerprint density at radius 2 is 2.10 bits per heavy atom. The summed E-state index contributed by atoms with van der Waals surface area (Å²) in [6.07, 6.45) is 0.140. The smallest absolute Gasteiger partial charge is 0.264 e. The number of amides is 1. The van der Waals surface area contributed by atoms with Crippen LogP contribution in [0.15, 0.2) is 35.5 Å². The van der Waals surface area contributed by atoms with Gasteiger partial charge in [-0.25, -0.2) is 0 Å². The number of nitrogens with one attached hydrogen (secondary N) is 1. The minimum atomic E-state index is -0.575. The van der Waals surface area contributed by atoms with E-state index >= 15 is 0 Å². The molecule has 1 amide bonds. The molecule has 3 unspecified atom stereocenters. The molecule has 0 radical (unpaired) electrons. The number of carbonyl (C=O) groups is 1. The summed E-state index contributed by atoms with van der Waals surface area (Å²) < 4.78 is 0. The third-order valence-corrected chi connectivity index (χ3v) is 4.60. The van der Waals surface area contributed by atoms with Crippen LogP contribution in [0.25, 0.3) is 0 Å². The number of hydrogen-bond acceptors (Lipinski definition) is 4. The van der Waals surface area contributed by atoms with Crippen LogP contribution < -0.4 is 5.32 Å². The second kappa shape index (κ2) is 5.15. The SMILES string of the molecule is CC1(C)C(O)CC1NC(=O)C1CC(c2ccccc2)=NO1. The summed E-state index contributed by atoms with van der Waals surface area (Å²) in [4.78, 5) is 17.5. The van der Waals surface area contributed by atoms with Crippen LogP contribution in [0.1, 0.15) is 32.3 Å². The van der Waals surface area contributed by atoms with Gasteiger partial charge in [0.1, 0.15) is 0 Å².